The molecule has 0 N–H and O–H groups in total. The number of hydrogen-bond donors (Lipinski definition) is 0. The summed E-state index contributed by atoms with van der Waals surface area (Å²) in [5.41, 5.74) is 0. The Morgan fingerprint density at radius 3 is 2.42 bits per heavy atom. The summed E-state index contributed by atoms with van der Waals surface area (Å²) in [4.78, 5) is 10.4. The van der Waals surface area contributed by atoms with Gasteiger partial charge in [-0.25, -0.2) is 4.79 Å². The first-order valence-corrected chi connectivity index (χ1v) is 4.10. The molecule has 0 aromatic carbocycles. The molecule has 0 rings (SSSR count). The van der Waals surface area contributed by atoms with Crippen molar-refractivity contribution < 1.29 is 9.53 Å². The van der Waals surface area contributed by atoms with Crippen LogP contribution < -0.4 is 0 Å². The van der Waals surface area contributed by atoms with E-state index < -0.39 is 0 Å². The second kappa shape index (κ2) is 12.6. The lowest BCUT2D eigenvalue weighted by molar-refractivity contribution is -0.137. The summed E-state index contributed by atoms with van der Waals surface area (Å²) < 4.78 is 4.74. The third-order valence-corrected chi connectivity index (χ3v) is 1.16. The molecule has 0 aromatic rings. The van der Waals surface area contributed by atoms with Gasteiger partial charge >= 0.3 is 5.97 Å². The van der Waals surface area contributed by atoms with E-state index in [1.807, 2.05) is 0 Å². The van der Waals surface area contributed by atoms with Gasteiger partial charge in [0, 0.05) is 6.08 Å². The number of esters is 1. The molecule has 0 spiro atoms. The Morgan fingerprint density at radius 2 is 2.00 bits per heavy atom. The fraction of sp³-hybridized carbons (Fsp3) is 0.500. The molecule has 0 saturated heterocycles. The van der Waals surface area contributed by atoms with Crippen LogP contribution in [-0.2, 0) is 9.53 Å². The van der Waals surface area contributed by atoms with E-state index in [-0.39, 0.29) is 5.97 Å². The van der Waals surface area contributed by atoms with Gasteiger partial charge in [0.15, 0.2) is 0 Å². The molecule has 0 bridgehead atoms. The summed E-state index contributed by atoms with van der Waals surface area (Å²) >= 11 is 0. The van der Waals surface area contributed by atoms with Crippen LogP contribution in [0.3, 0.4) is 0 Å². The summed E-state index contributed by atoms with van der Waals surface area (Å²) in [5.74, 6) is -0.323. The summed E-state index contributed by atoms with van der Waals surface area (Å²) in [6, 6.07) is 0. The van der Waals surface area contributed by atoms with Gasteiger partial charge in [-0.3, -0.25) is 0 Å². The molecule has 0 amide bonds. The number of rotatable bonds is 5. The largest absolute Gasteiger partial charge is 0.463 e. The molecule has 0 saturated carbocycles. The Morgan fingerprint density at radius 1 is 1.42 bits per heavy atom. The molecule has 12 heavy (non-hydrogen) atoms. The van der Waals surface area contributed by atoms with Crippen LogP contribution in [0, 0.1) is 0 Å². The first-order chi connectivity index (χ1) is 5.81. The summed E-state index contributed by atoms with van der Waals surface area (Å²) in [6.07, 6.45) is 4.40. The molecule has 0 aliphatic heterocycles. The van der Waals surface area contributed by atoms with Crippen molar-refractivity contribution in [3.63, 3.8) is 0 Å². The van der Waals surface area contributed by atoms with E-state index in [9.17, 15) is 4.79 Å². The zero-order valence-corrected chi connectivity index (χ0v) is 7.84. The Kier molecular flexibility index (Phi) is 14.2. The van der Waals surface area contributed by atoms with Gasteiger partial charge in [-0.2, -0.15) is 0 Å². The molecule has 2 nitrogen and oxygen atoms in total. The van der Waals surface area contributed by atoms with Crippen molar-refractivity contribution >= 4 is 5.97 Å². The Labute approximate surface area is 74.9 Å². The fourth-order valence-electron chi connectivity index (χ4n) is 0.584. The maximum atomic E-state index is 10.4. The first kappa shape index (κ1) is 13.5. The molecule has 0 radical (unpaired) electrons. The number of hydrogen-bond acceptors (Lipinski definition) is 2. The number of ether oxygens (including phenoxy) is 1. The average molecular weight is 170 g/mol. The van der Waals surface area contributed by atoms with Gasteiger partial charge in [-0.1, -0.05) is 26.3 Å². The van der Waals surface area contributed by atoms with E-state index in [0.717, 1.165) is 19.3 Å². The second-order valence-electron chi connectivity index (χ2n) is 2.08. The second-order valence-corrected chi connectivity index (χ2v) is 2.08. The van der Waals surface area contributed by atoms with E-state index in [2.05, 4.69) is 26.7 Å². The maximum Gasteiger partial charge on any atom is 0.330 e. The minimum atomic E-state index is -0.323. The molecule has 0 aliphatic carbocycles. The topological polar surface area (TPSA) is 26.3 Å². The van der Waals surface area contributed by atoms with Crippen molar-refractivity contribution in [2.45, 2.75) is 26.2 Å². The van der Waals surface area contributed by atoms with Crippen molar-refractivity contribution in [3.05, 3.63) is 25.8 Å². The van der Waals surface area contributed by atoms with Crippen LogP contribution in [-0.4, -0.2) is 12.6 Å². The smallest absolute Gasteiger partial charge is 0.330 e. The van der Waals surface area contributed by atoms with Gasteiger partial charge in [0.05, 0.1) is 6.61 Å². The molecule has 2 heteroatoms. The highest BCUT2D eigenvalue weighted by atomic mass is 16.5. The van der Waals surface area contributed by atoms with Crippen molar-refractivity contribution in [1.29, 1.82) is 0 Å². The first-order valence-electron chi connectivity index (χ1n) is 4.10. The number of unbranched alkanes of at least 4 members (excludes halogenated alkanes) is 2. The van der Waals surface area contributed by atoms with E-state index in [4.69, 9.17) is 4.74 Å². The standard InChI is InChI=1S/C8H14O2.C2H4/c1-3-5-6-7-10-8(9)4-2;1-2/h4H,2-3,5-7H2,1H3;1-2H2. The van der Waals surface area contributed by atoms with Crippen LogP contribution in [0.5, 0.6) is 0 Å². The highest BCUT2D eigenvalue weighted by Crippen LogP contribution is 1.94. The Balaban J connectivity index is 0. The fourth-order valence-corrected chi connectivity index (χ4v) is 0.584. The van der Waals surface area contributed by atoms with Gasteiger partial charge in [0.25, 0.3) is 0 Å². The molecular formula is C10H18O2. The van der Waals surface area contributed by atoms with Crippen LogP contribution >= 0.6 is 0 Å². The van der Waals surface area contributed by atoms with Crippen molar-refractivity contribution in [2.75, 3.05) is 6.61 Å². The predicted molar refractivity (Wildman–Crippen MR) is 51.9 cm³/mol. The lowest BCUT2D eigenvalue weighted by Gasteiger charge is -1.98. The highest BCUT2D eigenvalue weighted by Gasteiger charge is 1.92. The van der Waals surface area contributed by atoms with Gasteiger partial charge in [0.1, 0.15) is 0 Å². The lowest BCUT2D eigenvalue weighted by Crippen LogP contribution is -2.01. The summed E-state index contributed by atoms with van der Waals surface area (Å²) in [7, 11) is 0. The van der Waals surface area contributed by atoms with Gasteiger partial charge in [0.2, 0.25) is 0 Å². The molecule has 0 aromatic heterocycles. The van der Waals surface area contributed by atoms with E-state index >= 15 is 0 Å². The molecular weight excluding hydrogens is 152 g/mol. The van der Waals surface area contributed by atoms with Crippen LogP contribution in [0.4, 0.5) is 0 Å². The number of carbonyl (C=O) groups excluding carboxylic acids is 1. The van der Waals surface area contributed by atoms with E-state index in [1.54, 1.807) is 0 Å². The van der Waals surface area contributed by atoms with Crippen molar-refractivity contribution in [2.24, 2.45) is 0 Å². The monoisotopic (exact) mass is 170 g/mol. The quantitative estimate of drug-likeness (QED) is 0.274. The minimum Gasteiger partial charge on any atom is -0.463 e. The average Bonchev–Trinajstić information content (AvgIpc) is 2.15. The number of carbonyl (C=O) groups is 1. The zero-order chi connectivity index (χ0) is 9.82. The highest BCUT2D eigenvalue weighted by molar-refractivity contribution is 5.81. The van der Waals surface area contributed by atoms with Crippen LogP contribution in [0.1, 0.15) is 26.2 Å². The molecule has 0 unspecified atom stereocenters. The van der Waals surface area contributed by atoms with Crippen LogP contribution in [0.25, 0.3) is 0 Å². The third kappa shape index (κ3) is 11.7. The zero-order valence-electron chi connectivity index (χ0n) is 7.84. The van der Waals surface area contributed by atoms with Gasteiger partial charge in [-0.15, -0.1) is 13.2 Å². The predicted octanol–water partition coefficient (Wildman–Crippen LogP) is 2.71. The Bertz CT molecular complexity index is 119. The Hall–Kier alpha value is -1.05. The normalized spacial score (nSPS) is 7.75. The van der Waals surface area contributed by atoms with Crippen LogP contribution in [0.15, 0.2) is 25.8 Å². The van der Waals surface area contributed by atoms with Crippen molar-refractivity contribution in [1.82, 2.24) is 0 Å². The molecule has 0 fully saturated rings. The molecule has 70 valence electrons. The van der Waals surface area contributed by atoms with E-state index in [0.29, 0.717) is 6.61 Å². The van der Waals surface area contributed by atoms with Crippen LogP contribution in [0.2, 0.25) is 0 Å². The molecule has 0 heterocycles. The molecule has 0 aliphatic rings. The maximum absolute atomic E-state index is 10.4. The van der Waals surface area contributed by atoms with Crippen molar-refractivity contribution in [3.8, 4) is 0 Å². The van der Waals surface area contributed by atoms with Gasteiger partial charge < -0.3 is 4.74 Å². The van der Waals surface area contributed by atoms with Gasteiger partial charge in [-0.05, 0) is 6.42 Å². The van der Waals surface area contributed by atoms with E-state index in [1.165, 1.54) is 6.08 Å². The summed E-state index contributed by atoms with van der Waals surface area (Å²) in [5, 5.41) is 0. The SMILES string of the molecule is C=C.C=CC(=O)OCCCCC. The molecule has 0 atom stereocenters. The third-order valence-electron chi connectivity index (χ3n) is 1.16. The lowest BCUT2D eigenvalue weighted by atomic mass is 10.3. The minimum absolute atomic E-state index is 0.323. The summed E-state index contributed by atoms with van der Waals surface area (Å²) in [6.45, 7) is 11.9.